The predicted molar refractivity (Wildman–Crippen MR) is 53.1 cm³/mol. The number of carbonyl (C=O) groups excluding carboxylic acids is 1. The Hall–Kier alpha value is -0.480. The van der Waals surface area contributed by atoms with E-state index in [4.69, 9.17) is 4.74 Å². The molecule has 0 aromatic rings. The normalized spacial score (nSPS) is 21.5. The van der Waals surface area contributed by atoms with Gasteiger partial charge in [-0.2, -0.15) is 0 Å². The summed E-state index contributed by atoms with van der Waals surface area (Å²) in [4.78, 5) is 12.5. The van der Waals surface area contributed by atoms with Crippen LogP contribution in [0.25, 0.3) is 0 Å². The molecule has 5 heteroatoms. The van der Waals surface area contributed by atoms with Gasteiger partial charge in [-0.05, 0) is 25.8 Å². The lowest BCUT2D eigenvalue weighted by Gasteiger charge is -2.24. The van der Waals surface area contributed by atoms with Gasteiger partial charge < -0.3 is 9.64 Å². The van der Waals surface area contributed by atoms with Gasteiger partial charge in [0.25, 0.3) is 0 Å². The lowest BCUT2D eigenvalue weighted by atomic mass is 10.1. The molecule has 13 heavy (non-hydrogen) atoms. The van der Waals surface area contributed by atoms with E-state index >= 15 is 0 Å². The molecule has 0 aliphatic carbocycles. The molecule has 78 valence electrons. The first-order chi connectivity index (χ1) is 5.70. The van der Waals surface area contributed by atoms with Gasteiger partial charge >= 0.3 is 6.09 Å². The minimum Gasteiger partial charge on any atom is -0.430 e. The molecule has 1 atom stereocenters. The van der Waals surface area contributed by atoms with Crippen LogP contribution in [0.4, 0.5) is 4.79 Å². The van der Waals surface area contributed by atoms with Crippen LogP contribution in [-0.2, 0) is 4.74 Å². The van der Waals surface area contributed by atoms with Gasteiger partial charge in [0.15, 0.2) is 6.23 Å². The molecule has 1 saturated heterocycles. The first-order valence-corrected chi connectivity index (χ1v) is 4.31. The lowest BCUT2D eigenvalue weighted by Crippen LogP contribution is -2.40. The van der Waals surface area contributed by atoms with E-state index in [9.17, 15) is 4.79 Å². The van der Waals surface area contributed by atoms with E-state index in [0.29, 0.717) is 0 Å². The number of hydrogen-bond donors (Lipinski definition) is 1. The van der Waals surface area contributed by atoms with Crippen LogP contribution in [0.5, 0.6) is 0 Å². The van der Waals surface area contributed by atoms with Crippen molar-refractivity contribution in [1.82, 2.24) is 10.2 Å². The zero-order valence-electron chi connectivity index (χ0n) is 8.08. The average molecular weight is 209 g/mol. The van der Waals surface area contributed by atoms with Crippen LogP contribution in [0.3, 0.4) is 0 Å². The third-order valence-electron chi connectivity index (χ3n) is 1.87. The number of rotatable bonds is 1. The Labute approximate surface area is 85.0 Å². The zero-order valence-corrected chi connectivity index (χ0v) is 8.89. The Bertz CT molecular complexity index is 158. The van der Waals surface area contributed by atoms with Gasteiger partial charge in [-0.1, -0.05) is 0 Å². The third-order valence-corrected chi connectivity index (χ3v) is 1.87. The molecule has 0 saturated carbocycles. The van der Waals surface area contributed by atoms with Crippen molar-refractivity contribution in [1.29, 1.82) is 0 Å². The third kappa shape index (κ3) is 4.33. The number of amides is 1. The summed E-state index contributed by atoms with van der Waals surface area (Å²) in [5, 5.41) is 3.14. The highest BCUT2D eigenvalue weighted by atomic mass is 35.5. The minimum atomic E-state index is -0.269. The minimum absolute atomic E-state index is 0. The first kappa shape index (κ1) is 12.5. The molecule has 1 heterocycles. The number of piperidine rings is 1. The van der Waals surface area contributed by atoms with Crippen LogP contribution in [-0.4, -0.2) is 37.9 Å². The van der Waals surface area contributed by atoms with Crippen LogP contribution in [0, 0.1) is 0 Å². The molecule has 0 unspecified atom stereocenters. The maximum absolute atomic E-state index is 11.1. The largest absolute Gasteiger partial charge is 0.430 e. The number of ether oxygens (including phenoxy) is 1. The molecule has 0 spiro atoms. The van der Waals surface area contributed by atoms with E-state index in [-0.39, 0.29) is 24.7 Å². The van der Waals surface area contributed by atoms with Gasteiger partial charge in [0.1, 0.15) is 0 Å². The summed E-state index contributed by atoms with van der Waals surface area (Å²) < 4.78 is 5.13. The van der Waals surface area contributed by atoms with Crippen LogP contribution < -0.4 is 5.32 Å². The maximum atomic E-state index is 11.1. The summed E-state index contributed by atoms with van der Waals surface area (Å²) in [6.07, 6.45) is 2.90. The summed E-state index contributed by atoms with van der Waals surface area (Å²) >= 11 is 0. The van der Waals surface area contributed by atoms with Crippen LogP contribution >= 0.6 is 12.4 Å². The number of halogens is 1. The molecule has 1 aliphatic rings. The molecule has 1 fully saturated rings. The van der Waals surface area contributed by atoms with E-state index in [1.807, 2.05) is 0 Å². The Morgan fingerprint density at radius 2 is 2.15 bits per heavy atom. The topological polar surface area (TPSA) is 41.6 Å². The molecule has 0 bridgehead atoms. The smallest absolute Gasteiger partial charge is 0.410 e. The van der Waals surface area contributed by atoms with Crippen LogP contribution in [0.15, 0.2) is 0 Å². The second-order valence-electron chi connectivity index (χ2n) is 3.22. The fourth-order valence-electron chi connectivity index (χ4n) is 1.15. The molecule has 0 aromatic carbocycles. The Morgan fingerprint density at radius 3 is 2.62 bits per heavy atom. The average Bonchev–Trinajstić information content (AvgIpc) is 2.06. The molecule has 1 aliphatic heterocycles. The zero-order chi connectivity index (χ0) is 8.97. The van der Waals surface area contributed by atoms with Gasteiger partial charge in [-0.15, -0.1) is 12.4 Å². The van der Waals surface area contributed by atoms with Gasteiger partial charge in [0.05, 0.1) is 0 Å². The van der Waals surface area contributed by atoms with Crippen molar-refractivity contribution in [3.63, 3.8) is 0 Å². The van der Waals surface area contributed by atoms with Crippen LogP contribution in [0.1, 0.15) is 19.3 Å². The molecule has 0 radical (unpaired) electrons. The molecule has 1 N–H and O–H groups in total. The van der Waals surface area contributed by atoms with Gasteiger partial charge in [0.2, 0.25) is 0 Å². The molecule has 1 amide bonds. The van der Waals surface area contributed by atoms with E-state index in [2.05, 4.69) is 5.32 Å². The Kier molecular flexibility index (Phi) is 5.82. The summed E-state index contributed by atoms with van der Waals surface area (Å²) in [6.45, 7) is 0.950. The van der Waals surface area contributed by atoms with Crippen molar-refractivity contribution in [2.24, 2.45) is 0 Å². The monoisotopic (exact) mass is 208 g/mol. The van der Waals surface area contributed by atoms with Crippen molar-refractivity contribution in [3.8, 4) is 0 Å². The SMILES string of the molecule is CN(C)C(=O)O[C@H]1CCCCN1.Cl. The molecular formula is C8H17ClN2O2. The summed E-state index contributed by atoms with van der Waals surface area (Å²) in [6, 6.07) is 0. The van der Waals surface area contributed by atoms with Crippen molar-refractivity contribution in [2.45, 2.75) is 25.5 Å². The van der Waals surface area contributed by atoms with Crippen LogP contribution in [0.2, 0.25) is 0 Å². The van der Waals surface area contributed by atoms with Crippen molar-refractivity contribution in [3.05, 3.63) is 0 Å². The fourth-order valence-corrected chi connectivity index (χ4v) is 1.15. The highest BCUT2D eigenvalue weighted by Gasteiger charge is 2.17. The second-order valence-corrected chi connectivity index (χ2v) is 3.22. The first-order valence-electron chi connectivity index (χ1n) is 4.31. The second kappa shape index (κ2) is 6.05. The van der Waals surface area contributed by atoms with E-state index in [1.54, 1.807) is 14.1 Å². The van der Waals surface area contributed by atoms with E-state index < -0.39 is 0 Å². The fraction of sp³-hybridized carbons (Fsp3) is 0.875. The van der Waals surface area contributed by atoms with Crippen molar-refractivity contribution >= 4 is 18.5 Å². The van der Waals surface area contributed by atoms with Crippen molar-refractivity contribution in [2.75, 3.05) is 20.6 Å². The summed E-state index contributed by atoms with van der Waals surface area (Å²) in [7, 11) is 3.37. The lowest BCUT2D eigenvalue weighted by molar-refractivity contribution is 0.0434. The van der Waals surface area contributed by atoms with E-state index in [1.165, 1.54) is 11.3 Å². The van der Waals surface area contributed by atoms with Gasteiger partial charge in [-0.3, -0.25) is 5.32 Å². The number of carbonyl (C=O) groups is 1. The van der Waals surface area contributed by atoms with E-state index in [0.717, 1.165) is 19.4 Å². The number of hydrogen-bond acceptors (Lipinski definition) is 3. The molecule has 1 rings (SSSR count). The molecular weight excluding hydrogens is 192 g/mol. The highest BCUT2D eigenvalue weighted by Crippen LogP contribution is 2.08. The number of nitrogens with zero attached hydrogens (tertiary/aromatic N) is 1. The highest BCUT2D eigenvalue weighted by molar-refractivity contribution is 5.85. The molecule has 4 nitrogen and oxygen atoms in total. The van der Waals surface area contributed by atoms with Gasteiger partial charge in [-0.25, -0.2) is 4.79 Å². The Morgan fingerprint density at radius 1 is 1.46 bits per heavy atom. The standard InChI is InChI=1S/C8H16N2O2.ClH/c1-10(2)8(11)12-7-5-3-4-6-9-7;/h7,9H,3-6H2,1-2H3;1H/t7-;/m0./s1. The molecule has 0 aromatic heterocycles. The van der Waals surface area contributed by atoms with Gasteiger partial charge in [0, 0.05) is 14.1 Å². The summed E-state index contributed by atoms with van der Waals surface area (Å²) in [5.74, 6) is 0. The maximum Gasteiger partial charge on any atom is 0.410 e. The quantitative estimate of drug-likeness (QED) is 0.704. The Balaban J connectivity index is 0.00000144. The predicted octanol–water partition coefficient (Wildman–Crippen LogP) is 1.21. The van der Waals surface area contributed by atoms with Crippen molar-refractivity contribution < 1.29 is 9.53 Å². The number of nitrogens with one attached hydrogen (secondary N) is 1. The summed E-state index contributed by atoms with van der Waals surface area (Å²) in [5.41, 5.74) is 0.